The van der Waals surface area contributed by atoms with Gasteiger partial charge in [0, 0.05) is 29.9 Å². The zero-order chi connectivity index (χ0) is 20.9. The van der Waals surface area contributed by atoms with Gasteiger partial charge in [-0.1, -0.05) is 39.0 Å². The van der Waals surface area contributed by atoms with Crippen molar-refractivity contribution in [3.63, 3.8) is 0 Å². The number of hydrogen-bond donors (Lipinski definition) is 1. The topological polar surface area (TPSA) is 51.0 Å². The van der Waals surface area contributed by atoms with Crippen LogP contribution in [0.4, 0.5) is 0 Å². The first-order chi connectivity index (χ1) is 14.4. The number of rotatable bonds is 5. The normalized spacial score (nSPS) is 26.9. The van der Waals surface area contributed by atoms with Gasteiger partial charge in [-0.25, -0.2) is 4.98 Å². The summed E-state index contributed by atoms with van der Waals surface area (Å²) in [6.07, 6.45) is 4.51. The number of aryl methyl sites for hydroxylation is 1. The SMILES string of the molecule is Cc1oc(-c2ccc(-c3ccccn3)cc2)nc1CNC1C[C@@H]2C[C@H]([C@H]1C)C2(C)C. The van der Waals surface area contributed by atoms with Gasteiger partial charge in [0.15, 0.2) is 0 Å². The number of benzene rings is 1. The van der Waals surface area contributed by atoms with E-state index in [0.29, 0.717) is 17.3 Å². The van der Waals surface area contributed by atoms with E-state index in [4.69, 9.17) is 9.40 Å². The summed E-state index contributed by atoms with van der Waals surface area (Å²) in [5, 5.41) is 3.79. The maximum Gasteiger partial charge on any atom is 0.226 e. The third-order valence-corrected chi connectivity index (χ3v) is 7.87. The number of oxazole rings is 1. The molecule has 2 heterocycles. The molecule has 4 atom stereocenters. The second kappa shape index (κ2) is 7.35. The lowest BCUT2D eigenvalue weighted by atomic mass is 9.45. The van der Waals surface area contributed by atoms with Crippen molar-refractivity contribution in [3.8, 4) is 22.7 Å². The van der Waals surface area contributed by atoms with Crippen LogP contribution in [-0.2, 0) is 6.54 Å². The summed E-state index contributed by atoms with van der Waals surface area (Å²) in [6, 6.07) is 14.8. The van der Waals surface area contributed by atoms with E-state index < -0.39 is 0 Å². The minimum absolute atomic E-state index is 0.524. The van der Waals surface area contributed by atoms with Crippen molar-refractivity contribution >= 4 is 0 Å². The standard InChI is InChI=1S/C26H31N3O/c1-16-21-13-20(26(21,3)4)14-23(16)28-15-24-17(2)30-25(29-24)19-10-8-18(9-11-19)22-7-5-6-12-27-22/h5-12,16,20-21,23,28H,13-15H2,1-4H3/t16-,20+,21-,23?/m1/s1. The van der Waals surface area contributed by atoms with Crippen LogP contribution in [0.2, 0.25) is 0 Å². The molecule has 30 heavy (non-hydrogen) atoms. The summed E-state index contributed by atoms with van der Waals surface area (Å²) < 4.78 is 6.01. The molecule has 0 radical (unpaired) electrons. The van der Waals surface area contributed by atoms with Gasteiger partial charge in [-0.05, 0) is 67.2 Å². The third-order valence-electron chi connectivity index (χ3n) is 7.87. The van der Waals surface area contributed by atoms with Gasteiger partial charge in [-0.3, -0.25) is 4.98 Å². The van der Waals surface area contributed by atoms with Crippen LogP contribution in [0.3, 0.4) is 0 Å². The molecular weight excluding hydrogens is 370 g/mol. The van der Waals surface area contributed by atoms with Gasteiger partial charge < -0.3 is 9.73 Å². The first-order valence-electron chi connectivity index (χ1n) is 11.1. The van der Waals surface area contributed by atoms with Crippen molar-refractivity contribution in [3.05, 3.63) is 60.1 Å². The van der Waals surface area contributed by atoms with E-state index >= 15 is 0 Å². The van der Waals surface area contributed by atoms with Crippen LogP contribution >= 0.6 is 0 Å². The minimum Gasteiger partial charge on any atom is -0.441 e. The molecule has 3 aliphatic carbocycles. The molecule has 3 saturated carbocycles. The summed E-state index contributed by atoms with van der Waals surface area (Å²) in [5.74, 6) is 4.02. The Morgan fingerprint density at radius 2 is 1.83 bits per heavy atom. The maximum absolute atomic E-state index is 6.01. The van der Waals surface area contributed by atoms with Crippen LogP contribution < -0.4 is 5.32 Å². The summed E-state index contributed by atoms with van der Waals surface area (Å²) in [7, 11) is 0. The molecule has 4 heteroatoms. The molecule has 4 nitrogen and oxygen atoms in total. The van der Waals surface area contributed by atoms with E-state index in [-0.39, 0.29) is 0 Å². The van der Waals surface area contributed by atoms with Crippen molar-refractivity contribution < 1.29 is 4.42 Å². The smallest absolute Gasteiger partial charge is 0.226 e. The van der Waals surface area contributed by atoms with Crippen LogP contribution in [0, 0.1) is 30.1 Å². The van der Waals surface area contributed by atoms with Crippen LogP contribution in [0.15, 0.2) is 53.1 Å². The van der Waals surface area contributed by atoms with Crippen LogP contribution in [0.1, 0.15) is 45.1 Å². The van der Waals surface area contributed by atoms with Crippen molar-refractivity contribution in [2.24, 2.45) is 23.2 Å². The first kappa shape index (κ1) is 19.5. The number of nitrogens with zero attached hydrogens (tertiary/aromatic N) is 2. The van der Waals surface area contributed by atoms with Gasteiger partial charge in [-0.2, -0.15) is 0 Å². The summed E-state index contributed by atoms with van der Waals surface area (Å²) in [5.41, 5.74) is 4.61. The Hall–Kier alpha value is -2.46. The van der Waals surface area contributed by atoms with Gasteiger partial charge in [0.25, 0.3) is 0 Å². The fourth-order valence-corrected chi connectivity index (χ4v) is 5.68. The van der Waals surface area contributed by atoms with Crippen LogP contribution in [0.5, 0.6) is 0 Å². The molecule has 6 rings (SSSR count). The lowest BCUT2D eigenvalue weighted by Crippen LogP contribution is -2.59. The lowest BCUT2D eigenvalue weighted by Gasteiger charge is -2.62. The first-order valence-corrected chi connectivity index (χ1v) is 11.1. The van der Waals surface area contributed by atoms with Crippen molar-refractivity contribution in [2.45, 2.75) is 53.1 Å². The lowest BCUT2D eigenvalue weighted by molar-refractivity contribution is -0.115. The Morgan fingerprint density at radius 3 is 2.50 bits per heavy atom. The molecule has 2 bridgehead atoms. The third kappa shape index (κ3) is 3.27. The van der Waals surface area contributed by atoms with E-state index in [1.165, 1.54) is 12.8 Å². The number of aromatic nitrogens is 2. The molecule has 2 aromatic heterocycles. The molecule has 0 saturated heterocycles. The van der Waals surface area contributed by atoms with Crippen molar-refractivity contribution in [2.75, 3.05) is 0 Å². The fraction of sp³-hybridized carbons (Fsp3) is 0.462. The summed E-state index contributed by atoms with van der Waals surface area (Å²) in [4.78, 5) is 9.22. The van der Waals surface area contributed by atoms with Crippen molar-refractivity contribution in [1.29, 1.82) is 0 Å². The Kier molecular flexibility index (Phi) is 4.78. The molecule has 1 aromatic carbocycles. The summed E-state index contributed by atoms with van der Waals surface area (Å²) in [6.45, 7) is 10.1. The number of hydrogen-bond acceptors (Lipinski definition) is 4. The molecule has 1 unspecified atom stereocenters. The highest BCUT2D eigenvalue weighted by molar-refractivity contribution is 5.64. The Balaban J connectivity index is 1.26. The molecule has 156 valence electrons. The average molecular weight is 402 g/mol. The maximum atomic E-state index is 6.01. The van der Waals surface area contributed by atoms with Gasteiger partial charge in [-0.15, -0.1) is 0 Å². The van der Waals surface area contributed by atoms with E-state index in [1.807, 2.05) is 31.3 Å². The van der Waals surface area contributed by atoms with Gasteiger partial charge >= 0.3 is 0 Å². The Morgan fingerprint density at radius 1 is 1.07 bits per heavy atom. The molecule has 1 N–H and O–H groups in total. The van der Waals surface area contributed by atoms with E-state index in [2.05, 4.69) is 55.3 Å². The average Bonchev–Trinajstić information content (AvgIpc) is 3.14. The zero-order valence-corrected chi connectivity index (χ0v) is 18.4. The minimum atomic E-state index is 0.524. The molecule has 3 fully saturated rings. The monoisotopic (exact) mass is 401 g/mol. The van der Waals surface area contributed by atoms with E-state index in [0.717, 1.165) is 52.6 Å². The van der Waals surface area contributed by atoms with Crippen molar-refractivity contribution in [1.82, 2.24) is 15.3 Å². The number of nitrogens with one attached hydrogen (secondary N) is 1. The van der Waals surface area contributed by atoms with Gasteiger partial charge in [0.2, 0.25) is 5.89 Å². The molecule has 0 spiro atoms. The largest absolute Gasteiger partial charge is 0.441 e. The molecule has 0 aliphatic heterocycles. The van der Waals surface area contributed by atoms with Gasteiger partial charge in [0.05, 0.1) is 11.4 Å². The van der Waals surface area contributed by atoms with E-state index in [9.17, 15) is 0 Å². The predicted molar refractivity (Wildman–Crippen MR) is 120 cm³/mol. The molecule has 0 amide bonds. The van der Waals surface area contributed by atoms with E-state index in [1.54, 1.807) is 0 Å². The molecule has 3 aromatic rings. The highest BCUT2D eigenvalue weighted by Gasteiger charge is 2.55. The molecule has 3 aliphatic rings. The quantitative estimate of drug-likeness (QED) is 0.581. The molecular formula is C26H31N3O. The van der Waals surface area contributed by atoms with Gasteiger partial charge in [0.1, 0.15) is 5.76 Å². The van der Waals surface area contributed by atoms with Crippen LogP contribution in [-0.4, -0.2) is 16.0 Å². The predicted octanol–water partition coefficient (Wildman–Crippen LogP) is 5.87. The van der Waals surface area contributed by atoms with Crippen LogP contribution in [0.25, 0.3) is 22.7 Å². The summed E-state index contributed by atoms with van der Waals surface area (Å²) >= 11 is 0. The number of fused-ring (bicyclic) bond motifs is 2. The second-order valence-electron chi connectivity index (χ2n) is 9.76. The zero-order valence-electron chi connectivity index (χ0n) is 18.4. The highest BCUT2D eigenvalue weighted by atomic mass is 16.4. The fourth-order valence-electron chi connectivity index (χ4n) is 5.68. The second-order valence-corrected chi connectivity index (χ2v) is 9.76. The Bertz CT molecular complexity index is 1020. The Labute approximate surface area is 179 Å². The highest BCUT2D eigenvalue weighted by Crippen LogP contribution is 2.61. The number of pyridine rings is 1.